The third kappa shape index (κ3) is 3.63. The van der Waals surface area contributed by atoms with Crippen molar-refractivity contribution < 1.29 is 0 Å². The molecule has 4 nitrogen and oxygen atoms in total. The minimum Gasteiger partial charge on any atom is -0.353 e. The molecule has 0 saturated carbocycles. The third-order valence-electron chi connectivity index (χ3n) is 3.62. The Hall–Kier alpha value is -2.08. The molecule has 1 atom stereocenters. The van der Waals surface area contributed by atoms with E-state index >= 15 is 0 Å². The van der Waals surface area contributed by atoms with Crippen LogP contribution in [0.25, 0.3) is 17.1 Å². The zero-order valence-corrected chi connectivity index (χ0v) is 15.2. The maximum absolute atomic E-state index is 6.19. The van der Waals surface area contributed by atoms with E-state index in [1.807, 2.05) is 30.5 Å². The van der Waals surface area contributed by atoms with Crippen molar-refractivity contribution in [1.82, 2.24) is 9.97 Å². The molecule has 0 bridgehead atoms. The Kier molecular flexibility index (Phi) is 4.61. The zero-order chi connectivity index (χ0) is 17.2. The van der Waals surface area contributed by atoms with Crippen LogP contribution in [0.4, 0.5) is 5.69 Å². The van der Waals surface area contributed by atoms with Gasteiger partial charge in [-0.3, -0.25) is 15.0 Å². The molecule has 1 aliphatic rings. The van der Waals surface area contributed by atoms with Crippen molar-refractivity contribution in [1.29, 1.82) is 0 Å². The second kappa shape index (κ2) is 7.04. The normalized spacial score (nSPS) is 18.2. The molecule has 0 saturated heterocycles. The maximum atomic E-state index is 6.19. The molecule has 1 N–H and O–H groups in total. The van der Waals surface area contributed by atoms with E-state index in [2.05, 4.69) is 26.4 Å². The molecule has 0 fully saturated rings. The third-order valence-corrected chi connectivity index (χ3v) is 5.21. The lowest BCUT2D eigenvalue weighted by Gasteiger charge is -2.13. The van der Waals surface area contributed by atoms with Crippen molar-refractivity contribution in [3.63, 3.8) is 0 Å². The van der Waals surface area contributed by atoms with Gasteiger partial charge in [-0.05, 0) is 35.9 Å². The van der Waals surface area contributed by atoms with Gasteiger partial charge < -0.3 is 5.32 Å². The van der Waals surface area contributed by atoms with Crippen molar-refractivity contribution >= 4 is 64.0 Å². The van der Waals surface area contributed by atoms with Gasteiger partial charge in [-0.1, -0.05) is 47.1 Å². The number of anilines is 1. The Bertz CT molecular complexity index is 983. The minimum atomic E-state index is -0.163. The fourth-order valence-electron chi connectivity index (χ4n) is 2.46. The molecule has 7 heteroatoms. The number of aromatic nitrogens is 2. The average Bonchev–Trinajstić information content (AvgIpc) is 3.05. The molecule has 2 aromatic carbocycles. The van der Waals surface area contributed by atoms with Gasteiger partial charge in [-0.25, -0.2) is 0 Å². The smallest absolute Gasteiger partial charge is 0.171 e. The molecular weight excluding hydrogens is 375 g/mol. The number of rotatable bonds is 3. The Labute approximate surface area is 159 Å². The number of para-hydroxylation sites is 1. The molecule has 4 rings (SSSR count). The Balaban J connectivity index is 1.52. The van der Waals surface area contributed by atoms with E-state index in [1.165, 1.54) is 0 Å². The summed E-state index contributed by atoms with van der Waals surface area (Å²) < 4.78 is 0. The van der Waals surface area contributed by atoms with Crippen molar-refractivity contribution in [3.8, 4) is 0 Å². The van der Waals surface area contributed by atoms with Crippen LogP contribution in [0.3, 0.4) is 0 Å². The quantitative estimate of drug-likeness (QED) is 0.646. The molecule has 1 aromatic heterocycles. The van der Waals surface area contributed by atoms with E-state index in [0.29, 0.717) is 15.7 Å². The Morgan fingerprint density at radius 2 is 1.76 bits per heavy atom. The number of aliphatic imine (C=N–C) groups is 1. The van der Waals surface area contributed by atoms with Gasteiger partial charge in [0.1, 0.15) is 0 Å². The summed E-state index contributed by atoms with van der Waals surface area (Å²) in [6, 6.07) is 11.4. The van der Waals surface area contributed by atoms with E-state index in [-0.39, 0.29) is 5.50 Å². The van der Waals surface area contributed by atoms with Gasteiger partial charge in [-0.2, -0.15) is 0 Å². The predicted molar refractivity (Wildman–Crippen MR) is 107 cm³/mol. The predicted octanol–water partition coefficient (Wildman–Crippen LogP) is 5.49. The van der Waals surface area contributed by atoms with Gasteiger partial charge in [0.25, 0.3) is 0 Å². The van der Waals surface area contributed by atoms with Gasteiger partial charge >= 0.3 is 0 Å². The van der Waals surface area contributed by atoms with E-state index in [1.54, 1.807) is 36.3 Å². The van der Waals surface area contributed by atoms with E-state index in [0.717, 1.165) is 21.5 Å². The van der Waals surface area contributed by atoms with Crippen molar-refractivity contribution in [2.24, 2.45) is 4.99 Å². The average molecular weight is 387 g/mol. The summed E-state index contributed by atoms with van der Waals surface area (Å²) in [6.45, 7) is 0. The topological polar surface area (TPSA) is 50.2 Å². The molecule has 3 aromatic rings. The van der Waals surface area contributed by atoms with Crippen LogP contribution in [0.15, 0.2) is 58.7 Å². The number of fused-ring (bicyclic) bond motifs is 1. The fourth-order valence-corrected chi connectivity index (χ4v) is 3.85. The van der Waals surface area contributed by atoms with Crippen LogP contribution in [0.1, 0.15) is 5.56 Å². The van der Waals surface area contributed by atoms with Crippen molar-refractivity contribution in [2.75, 3.05) is 5.32 Å². The summed E-state index contributed by atoms with van der Waals surface area (Å²) in [6.07, 6.45) is 7.29. The minimum absolute atomic E-state index is 0.163. The van der Waals surface area contributed by atoms with Crippen LogP contribution < -0.4 is 5.32 Å². The van der Waals surface area contributed by atoms with Crippen LogP contribution in [0.2, 0.25) is 10.0 Å². The second-order valence-corrected chi connectivity index (χ2v) is 7.31. The number of nitrogens with one attached hydrogen (secondary N) is 1. The lowest BCUT2D eigenvalue weighted by atomic mass is 10.2. The SMILES string of the molecule is Clc1cccc(Cl)c1NC1N=C/C(=C/c2ccc3nccnc3c2)S1. The van der Waals surface area contributed by atoms with Gasteiger partial charge in [0.05, 0.1) is 26.8 Å². The molecule has 0 amide bonds. The standard InChI is InChI=1S/C18H12Cl2N4S/c19-13-2-1-3-14(20)17(13)24-18-23-10-12(25-18)8-11-4-5-15-16(9-11)22-7-6-21-15/h1-10,18,24H/b12-8-. The van der Waals surface area contributed by atoms with E-state index in [4.69, 9.17) is 23.2 Å². The van der Waals surface area contributed by atoms with Crippen molar-refractivity contribution in [3.05, 3.63) is 69.3 Å². The first kappa shape index (κ1) is 16.4. The highest BCUT2D eigenvalue weighted by atomic mass is 35.5. The Morgan fingerprint density at radius 1 is 1.00 bits per heavy atom. The number of allylic oxidation sites excluding steroid dienone is 1. The van der Waals surface area contributed by atoms with Crippen LogP contribution >= 0.6 is 35.0 Å². The number of thioether (sulfide) groups is 1. The first-order valence-electron chi connectivity index (χ1n) is 7.52. The summed E-state index contributed by atoms with van der Waals surface area (Å²) in [5.41, 5.74) is 3.34. The van der Waals surface area contributed by atoms with Gasteiger partial charge in [0, 0.05) is 23.5 Å². The number of halogens is 2. The van der Waals surface area contributed by atoms with Crippen LogP contribution in [-0.4, -0.2) is 21.7 Å². The summed E-state index contributed by atoms with van der Waals surface area (Å²) in [5.74, 6) is 0. The molecular formula is C18H12Cl2N4S. The highest BCUT2D eigenvalue weighted by Crippen LogP contribution is 2.35. The largest absolute Gasteiger partial charge is 0.353 e. The summed E-state index contributed by atoms with van der Waals surface area (Å²) in [7, 11) is 0. The number of nitrogens with zero attached hydrogens (tertiary/aromatic N) is 3. The van der Waals surface area contributed by atoms with Gasteiger partial charge in [0.15, 0.2) is 5.50 Å². The lowest BCUT2D eigenvalue weighted by molar-refractivity contribution is 1.08. The Morgan fingerprint density at radius 3 is 2.56 bits per heavy atom. The van der Waals surface area contributed by atoms with Crippen LogP contribution in [-0.2, 0) is 0 Å². The fraction of sp³-hybridized carbons (Fsp3) is 0.0556. The molecule has 0 spiro atoms. The second-order valence-electron chi connectivity index (χ2n) is 5.34. The van der Waals surface area contributed by atoms with Gasteiger partial charge in [-0.15, -0.1) is 0 Å². The first-order chi connectivity index (χ1) is 12.2. The summed E-state index contributed by atoms with van der Waals surface area (Å²) in [4.78, 5) is 14.1. The molecule has 2 heterocycles. The number of hydrogen-bond acceptors (Lipinski definition) is 5. The highest BCUT2D eigenvalue weighted by molar-refractivity contribution is 8.05. The highest BCUT2D eigenvalue weighted by Gasteiger charge is 2.18. The van der Waals surface area contributed by atoms with Crippen LogP contribution in [0, 0.1) is 0 Å². The summed E-state index contributed by atoms with van der Waals surface area (Å²) in [5, 5.41) is 4.42. The van der Waals surface area contributed by atoms with Crippen molar-refractivity contribution in [2.45, 2.75) is 5.50 Å². The summed E-state index contributed by atoms with van der Waals surface area (Å²) >= 11 is 14.0. The number of benzene rings is 2. The zero-order valence-electron chi connectivity index (χ0n) is 12.9. The first-order valence-corrected chi connectivity index (χ1v) is 9.15. The van der Waals surface area contributed by atoms with Gasteiger partial charge in [0.2, 0.25) is 0 Å². The molecule has 0 aliphatic carbocycles. The molecule has 0 radical (unpaired) electrons. The maximum Gasteiger partial charge on any atom is 0.171 e. The van der Waals surface area contributed by atoms with E-state index < -0.39 is 0 Å². The lowest BCUT2D eigenvalue weighted by Crippen LogP contribution is -2.10. The van der Waals surface area contributed by atoms with E-state index in [9.17, 15) is 0 Å². The molecule has 124 valence electrons. The molecule has 1 unspecified atom stereocenters. The molecule has 1 aliphatic heterocycles. The van der Waals surface area contributed by atoms with Crippen LogP contribution in [0.5, 0.6) is 0 Å². The number of hydrogen-bond donors (Lipinski definition) is 1. The monoisotopic (exact) mass is 386 g/mol. The molecule has 25 heavy (non-hydrogen) atoms.